The molecule has 0 aromatic heterocycles. The summed E-state index contributed by atoms with van der Waals surface area (Å²) in [5, 5.41) is 10.5. The van der Waals surface area contributed by atoms with Gasteiger partial charge in [-0.15, -0.1) is 6.58 Å². The topological polar surface area (TPSA) is 64.6 Å². The molecular weight excluding hydrogens is 338 g/mol. The number of hydrogen-bond donors (Lipinski definition) is 3. The third-order valence-corrected chi connectivity index (χ3v) is 5.68. The number of carbonyl (C=O) groups excluding carboxylic acids is 1. The van der Waals surface area contributed by atoms with Crippen molar-refractivity contribution in [3.05, 3.63) is 77.4 Å². The zero-order chi connectivity index (χ0) is 19.1. The molecule has 0 radical (unpaired) electrons. The van der Waals surface area contributed by atoms with Gasteiger partial charge in [0, 0.05) is 18.0 Å². The van der Waals surface area contributed by atoms with Crippen LogP contribution >= 0.6 is 0 Å². The number of hydrazine groups is 1. The van der Waals surface area contributed by atoms with E-state index in [-0.39, 0.29) is 35.7 Å². The lowest BCUT2D eigenvalue weighted by molar-refractivity contribution is -0.130. The number of phenolic OH excluding ortho intramolecular Hbond substituents is 1. The van der Waals surface area contributed by atoms with E-state index in [1.807, 2.05) is 24.0 Å². The number of benzene rings is 2. The summed E-state index contributed by atoms with van der Waals surface area (Å²) in [5.41, 5.74) is 10.5. The third-order valence-electron chi connectivity index (χ3n) is 5.68. The second kappa shape index (κ2) is 6.83. The first-order valence-electron chi connectivity index (χ1n) is 9.30. The van der Waals surface area contributed by atoms with Crippen LogP contribution < -0.4 is 10.9 Å². The minimum Gasteiger partial charge on any atom is -0.508 e. The number of nitrogens with zero attached hydrogens (tertiary/aromatic N) is 1. The first kappa shape index (κ1) is 17.8. The molecule has 0 spiro atoms. The number of nitrogens with one attached hydrogen (secondary N) is 2. The lowest BCUT2D eigenvalue weighted by atomic mass is 9.83. The lowest BCUT2D eigenvalue weighted by Gasteiger charge is -2.31. The molecular formula is C22H25N3O2. The van der Waals surface area contributed by atoms with E-state index in [0.29, 0.717) is 6.54 Å². The van der Waals surface area contributed by atoms with Crippen molar-refractivity contribution in [3.63, 3.8) is 0 Å². The molecule has 27 heavy (non-hydrogen) atoms. The number of aryl methyl sites for hydroxylation is 2. The van der Waals surface area contributed by atoms with Crippen molar-refractivity contribution in [2.75, 3.05) is 6.54 Å². The zero-order valence-electron chi connectivity index (χ0n) is 15.6. The lowest BCUT2D eigenvalue weighted by Crippen LogP contribution is -2.41. The average molecular weight is 363 g/mol. The molecule has 2 aliphatic heterocycles. The smallest absolute Gasteiger partial charge is 0.242 e. The molecule has 0 aliphatic carbocycles. The Labute approximate surface area is 159 Å². The van der Waals surface area contributed by atoms with Gasteiger partial charge in [-0.1, -0.05) is 48.0 Å². The maximum absolute atomic E-state index is 13.1. The number of rotatable bonds is 4. The second-order valence-electron chi connectivity index (χ2n) is 7.52. The van der Waals surface area contributed by atoms with Crippen LogP contribution in [-0.2, 0) is 4.79 Å². The van der Waals surface area contributed by atoms with Gasteiger partial charge in [0.25, 0.3) is 0 Å². The quantitative estimate of drug-likeness (QED) is 0.731. The normalized spacial score (nSPS) is 27.0. The molecule has 140 valence electrons. The van der Waals surface area contributed by atoms with Gasteiger partial charge in [-0.2, -0.15) is 0 Å². The van der Waals surface area contributed by atoms with Crippen LogP contribution in [-0.4, -0.2) is 28.5 Å². The number of hydrogen-bond acceptors (Lipinski definition) is 4. The molecule has 1 amide bonds. The van der Waals surface area contributed by atoms with Crippen molar-refractivity contribution in [2.45, 2.75) is 32.0 Å². The van der Waals surface area contributed by atoms with Gasteiger partial charge >= 0.3 is 0 Å². The van der Waals surface area contributed by atoms with Crippen LogP contribution in [0.15, 0.2) is 55.1 Å². The van der Waals surface area contributed by atoms with E-state index in [9.17, 15) is 9.90 Å². The molecule has 2 saturated heterocycles. The summed E-state index contributed by atoms with van der Waals surface area (Å²) >= 11 is 0. The van der Waals surface area contributed by atoms with E-state index in [4.69, 9.17) is 0 Å². The number of carbonyl (C=O) groups is 1. The Kier molecular flexibility index (Phi) is 4.50. The van der Waals surface area contributed by atoms with E-state index in [1.165, 1.54) is 5.56 Å². The maximum Gasteiger partial charge on any atom is 0.242 e. The number of likely N-dealkylation sites (tertiary alicyclic amines) is 1. The van der Waals surface area contributed by atoms with Gasteiger partial charge in [-0.3, -0.25) is 4.79 Å². The summed E-state index contributed by atoms with van der Waals surface area (Å²) in [5.74, 6) is 0.285. The summed E-state index contributed by atoms with van der Waals surface area (Å²) in [6, 6.07) is 13.5. The van der Waals surface area contributed by atoms with E-state index in [2.05, 4.69) is 48.6 Å². The molecule has 2 aromatic rings. The average Bonchev–Trinajstić information content (AvgIpc) is 3.17. The molecule has 0 bridgehead atoms. The molecule has 2 aliphatic rings. The summed E-state index contributed by atoms with van der Waals surface area (Å²) in [7, 11) is 0. The van der Waals surface area contributed by atoms with E-state index >= 15 is 0 Å². The third kappa shape index (κ3) is 2.93. The highest BCUT2D eigenvalue weighted by Gasteiger charge is 2.55. The highest BCUT2D eigenvalue weighted by Crippen LogP contribution is 2.48. The molecule has 3 N–H and O–H groups in total. The van der Waals surface area contributed by atoms with Gasteiger partial charge in [0.1, 0.15) is 11.8 Å². The zero-order valence-corrected chi connectivity index (χ0v) is 15.6. The summed E-state index contributed by atoms with van der Waals surface area (Å²) < 4.78 is 0. The highest BCUT2D eigenvalue weighted by atomic mass is 16.3. The molecule has 4 rings (SSSR count). The van der Waals surface area contributed by atoms with Crippen molar-refractivity contribution in [1.29, 1.82) is 0 Å². The van der Waals surface area contributed by atoms with Crippen molar-refractivity contribution in [3.8, 4) is 5.75 Å². The molecule has 2 heterocycles. The molecule has 2 fully saturated rings. The van der Waals surface area contributed by atoms with E-state index in [1.54, 1.807) is 12.1 Å². The van der Waals surface area contributed by atoms with Crippen LogP contribution in [0.2, 0.25) is 0 Å². The van der Waals surface area contributed by atoms with Gasteiger partial charge in [-0.25, -0.2) is 10.9 Å². The van der Waals surface area contributed by atoms with Crippen molar-refractivity contribution >= 4 is 5.91 Å². The Bertz CT molecular complexity index is 878. The monoisotopic (exact) mass is 363 g/mol. The number of phenols is 1. The summed E-state index contributed by atoms with van der Waals surface area (Å²) in [4.78, 5) is 14.9. The Morgan fingerprint density at radius 2 is 1.74 bits per heavy atom. The van der Waals surface area contributed by atoms with Gasteiger partial charge in [0.2, 0.25) is 5.91 Å². The fourth-order valence-electron chi connectivity index (χ4n) is 4.39. The highest BCUT2D eigenvalue weighted by molar-refractivity contribution is 5.86. The number of fused-ring (bicyclic) bond motifs is 1. The minimum atomic E-state index is -0.332. The van der Waals surface area contributed by atoms with E-state index < -0.39 is 0 Å². The Hall–Kier alpha value is -2.63. The maximum atomic E-state index is 13.1. The molecule has 5 heteroatoms. The van der Waals surface area contributed by atoms with Gasteiger partial charge in [-0.05, 0) is 31.0 Å². The summed E-state index contributed by atoms with van der Waals surface area (Å²) in [6.07, 6.45) is 1.77. The molecule has 2 aromatic carbocycles. The fourth-order valence-corrected chi connectivity index (χ4v) is 4.39. The fraction of sp³-hybridized carbons (Fsp3) is 0.318. The van der Waals surface area contributed by atoms with Gasteiger partial charge in [0.15, 0.2) is 0 Å². The Morgan fingerprint density at radius 1 is 1.07 bits per heavy atom. The van der Waals surface area contributed by atoms with Gasteiger partial charge < -0.3 is 10.0 Å². The molecule has 4 atom stereocenters. The van der Waals surface area contributed by atoms with Crippen molar-refractivity contribution in [1.82, 2.24) is 15.8 Å². The Balaban J connectivity index is 1.79. The Morgan fingerprint density at radius 3 is 2.41 bits per heavy atom. The first-order chi connectivity index (χ1) is 13.0. The van der Waals surface area contributed by atoms with Crippen molar-refractivity contribution in [2.24, 2.45) is 5.92 Å². The SMILES string of the molecule is C=CCN1C(=O)C2NNC(c3ccc(C)cc3O)C2C1c1ccc(C)cc1. The second-order valence-corrected chi connectivity index (χ2v) is 7.52. The van der Waals surface area contributed by atoms with Gasteiger partial charge in [0.05, 0.1) is 12.1 Å². The largest absolute Gasteiger partial charge is 0.508 e. The van der Waals surface area contributed by atoms with Crippen molar-refractivity contribution < 1.29 is 9.90 Å². The predicted molar refractivity (Wildman–Crippen MR) is 105 cm³/mol. The standard InChI is InChI=1S/C22H25N3O2/c1-4-11-25-21(15-8-5-13(2)6-9-15)18-19(23-24-20(18)22(25)27)16-10-7-14(3)12-17(16)26/h4-10,12,18-21,23-24,26H,1,11H2,2-3H3. The van der Waals surface area contributed by atoms with E-state index in [0.717, 1.165) is 16.7 Å². The van der Waals surface area contributed by atoms with Crippen LogP contribution in [0.5, 0.6) is 5.75 Å². The summed E-state index contributed by atoms with van der Waals surface area (Å²) in [6.45, 7) is 8.33. The van der Waals surface area contributed by atoms with Crippen LogP contribution in [0.25, 0.3) is 0 Å². The molecule has 5 nitrogen and oxygen atoms in total. The number of amides is 1. The number of aromatic hydroxyl groups is 1. The minimum absolute atomic E-state index is 0.0336. The molecule has 0 saturated carbocycles. The predicted octanol–water partition coefficient (Wildman–Crippen LogP) is 2.91. The van der Waals surface area contributed by atoms with Crippen LogP contribution in [0.3, 0.4) is 0 Å². The first-order valence-corrected chi connectivity index (χ1v) is 9.30. The molecule has 4 unspecified atom stereocenters. The van der Waals surface area contributed by atoms with Crippen LogP contribution in [0.1, 0.15) is 34.3 Å². The van der Waals surface area contributed by atoms with Crippen LogP contribution in [0, 0.1) is 19.8 Å². The van der Waals surface area contributed by atoms with Crippen LogP contribution in [0.4, 0.5) is 0 Å².